The van der Waals surface area contributed by atoms with Crippen LogP contribution in [0, 0.1) is 5.92 Å². The fourth-order valence-electron chi connectivity index (χ4n) is 1.44. The average Bonchev–Trinajstić information content (AvgIpc) is 2.79. The Bertz CT molecular complexity index is 320. The van der Waals surface area contributed by atoms with Crippen molar-refractivity contribution in [3.8, 4) is 0 Å². The summed E-state index contributed by atoms with van der Waals surface area (Å²) in [6, 6.07) is 0.191. The van der Waals surface area contributed by atoms with Crippen molar-refractivity contribution >= 4 is 11.3 Å². The van der Waals surface area contributed by atoms with Crippen LogP contribution in [0.2, 0.25) is 0 Å². The highest BCUT2D eigenvalue weighted by molar-refractivity contribution is 7.09. The highest BCUT2D eigenvalue weighted by Gasteiger charge is 2.32. The zero-order valence-electron chi connectivity index (χ0n) is 9.08. The van der Waals surface area contributed by atoms with Crippen molar-refractivity contribution in [1.29, 1.82) is 0 Å². The number of aromatic nitrogens is 1. The molecule has 2 N–H and O–H groups in total. The molecule has 0 radical (unpaired) electrons. The lowest BCUT2D eigenvalue weighted by atomic mass is 9.93. The van der Waals surface area contributed by atoms with Gasteiger partial charge >= 0.3 is 0 Å². The van der Waals surface area contributed by atoms with Crippen LogP contribution in [0.3, 0.4) is 0 Å². The van der Waals surface area contributed by atoms with E-state index in [-0.39, 0.29) is 11.5 Å². The van der Waals surface area contributed by atoms with Crippen LogP contribution in [0.15, 0.2) is 5.38 Å². The molecule has 14 heavy (non-hydrogen) atoms. The maximum Gasteiger partial charge on any atom is 0.110 e. The van der Waals surface area contributed by atoms with Gasteiger partial charge in [0.2, 0.25) is 0 Å². The monoisotopic (exact) mass is 210 g/mol. The van der Waals surface area contributed by atoms with Gasteiger partial charge in [-0.2, -0.15) is 0 Å². The van der Waals surface area contributed by atoms with Gasteiger partial charge in [-0.3, -0.25) is 0 Å². The number of nitrogens with two attached hydrogens (primary N) is 1. The molecular formula is C11H18N2S. The molecular weight excluding hydrogens is 192 g/mol. The summed E-state index contributed by atoms with van der Waals surface area (Å²) in [5, 5.41) is 3.27. The van der Waals surface area contributed by atoms with Gasteiger partial charge in [0.15, 0.2) is 0 Å². The molecule has 78 valence electrons. The Morgan fingerprint density at radius 1 is 1.50 bits per heavy atom. The summed E-state index contributed by atoms with van der Waals surface area (Å²) in [5.41, 5.74) is 7.43. The van der Waals surface area contributed by atoms with Crippen LogP contribution in [0.25, 0.3) is 0 Å². The van der Waals surface area contributed by atoms with Crippen LogP contribution in [0.1, 0.15) is 50.4 Å². The number of thiazole rings is 1. The molecule has 1 heterocycles. The molecule has 1 atom stereocenters. The largest absolute Gasteiger partial charge is 0.322 e. The zero-order valence-corrected chi connectivity index (χ0v) is 9.90. The topological polar surface area (TPSA) is 38.9 Å². The predicted molar refractivity (Wildman–Crippen MR) is 60.5 cm³/mol. The van der Waals surface area contributed by atoms with Crippen LogP contribution in [-0.4, -0.2) is 4.98 Å². The highest BCUT2D eigenvalue weighted by atomic mass is 32.1. The van der Waals surface area contributed by atoms with Crippen molar-refractivity contribution < 1.29 is 0 Å². The lowest BCUT2D eigenvalue weighted by Gasteiger charge is -2.14. The van der Waals surface area contributed by atoms with Gasteiger partial charge in [0, 0.05) is 10.8 Å². The molecule has 1 unspecified atom stereocenters. The molecule has 1 aliphatic rings. The minimum absolute atomic E-state index is 0.151. The van der Waals surface area contributed by atoms with Gasteiger partial charge < -0.3 is 5.73 Å². The van der Waals surface area contributed by atoms with Gasteiger partial charge in [-0.25, -0.2) is 4.98 Å². The van der Waals surface area contributed by atoms with Crippen molar-refractivity contribution in [2.75, 3.05) is 0 Å². The normalized spacial score (nSPS) is 19.7. The van der Waals surface area contributed by atoms with E-state index in [1.165, 1.54) is 18.5 Å². The molecule has 1 saturated carbocycles. The molecule has 1 aromatic rings. The van der Waals surface area contributed by atoms with Crippen LogP contribution in [0.4, 0.5) is 0 Å². The first-order valence-corrected chi connectivity index (χ1v) is 6.08. The van der Waals surface area contributed by atoms with E-state index in [0.717, 1.165) is 5.01 Å². The number of hydrogen-bond acceptors (Lipinski definition) is 3. The van der Waals surface area contributed by atoms with E-state index >= 15 is 0 Å². The Morgan fingerprint density at radius 3 is 2.57 bits per heavy atom. The van der Waals surface area contributed by atoms with Gasteiger partial charge in [0.25, 0.3) is 0 Å². The van der Waals surface area contributed by atoms with Gasteiger partial charge in [-0.05, 0) is 18.8 Å². The number of rotatable bonds is 2. The zero-order chi connectivity index (χ0) is 10.3. The first kappa shape index (κ1) is 10.1. The van der Waals surface area contributed by atoms with E-state index in [0.29, 0.717) is 5.92 Å². The smallest absolute Gasteiger partial charge is 0.110 e. The second-order valence-corrected chi connectivity index (χ2v) is 6.07. The van der Waals surface area contributed by atoms with Crippen LogP contribution >= 0.6 is 11.3 Å². The molecule has 0 bridgehead atoms. The summed E-state index contributed by atoms with van der Waals surface area (Å²) >= 11 is 1.72. The molecule has 0 saturated heterocycles. The summed E-state index contributed by atoms with van der Waals surface area (Å²) < 4.78 is 0. The Balaban J connectivity index is 2.16. The van der Waals surface area contributed by atoms with Crippen molar-refractivity contribution in [2.45, 2.75) is 45.1 Å². The van der Waals surface area contributed by atoms with Gasteiger partial charge in [0.1, 0.15) is 5.01 Å². The molecule has 1 aromatic heterocycles. The Hall–Kier alpha value is -0.410. The van der Waals surface area contributed by atoms with E-state index in [1.807, 2.05) is 0 Å². The average molecular weight is 210 g/mol. The van der Waals surface area contributed by atoms with Crippen LogP contribution < -0.4 is 5.73 Å². The highest BCUT2D eigenvalue weighted by Crippen LogP contribution is 2.40. The second kappa shape index (κ2) is 3.31. The molecule has 0 spiro atoms. The Morgan fingerprint density at radius 2 is 2.14 bits per heavy atom. The van der Waals surface area contributed by atoms with Gasteiger partial charge in [-0.1, -0.05) is 20.8 Å². The second-order valence-electron chi connectivity index (χ2n) is 5.18. The number of nitrogens with zero attached hydrogens (tertiary/aromatic N) is 1. The van der Waals surface area contributed by atoms with E-state index < -0.39 is 0 Å². The van der Waals surface area contributed by atoms with E-state index in [2.05, 4.69) is 31.1 Å². The summed E-state index contributed by atoms with van der Waals surface area (Å²) in [6.07, 6.45) is 2.57. The molecule has 2 nitrogen and oxygen atoms in total. The molecule has 0 aliphatic heterocycles. The fraction of sp³-hybridized carbons (Fsp3) is 0.727. The molecule has 0 aromatic carbocycles. The molecule has 0 amide bonds. The minimum Gasteiger partial charge on any atom is -0.322 e. The van der Waals surface area contributed by atoms with E-state index in [4.69, 9.17) is 5.73 Å². The van der Waals surface area contributed by atoms with Gasteiger partial charge in [-0.15, -0.1) is 11.3 Å². The van der Waals surface area contributed by atoms with Crippen LogP contribution in [0.5, 0.6) is 0 Å². The summed E-state index contributed by atoms with van der Waals surface area (Å²) in [5.74, 6) is 0.703. The Labute approximate surface area is 89.5 Å². The fourth-order valence-corrected chi connectivity index (χ4v) is 2.58. The number of hydrogen-bond donors (Lipinski definition) is 1. The van der Waals surface area contributed by atoms with Crippen molar-refractivity contribution in [2.24, 2.45) is 11.7 Å². The molecule has 2 rings (SSSR count). The third kappa shape index (κ3) is 1.98. The van der Waals surface area contributed by atoms with Crippen molar-refractivity contribution in [3.05, 3.63) is 16.1 Å². The van der Waals surface area contributed by atoms with Gasteiger partial charge in [0.05, 0.1) is 11.7 Å². The van der Waals surface area contributed by atoms with Crippen LogP contribution in [-0.2, 0) is 5.41 Å². The van der Waals surface area contributed by atoms with Crippen molar-refractivity contribution in [3.63, 3.8) is 0 Å². The predicted octanol–water partition coefficient (Wildman–Crippen LogP) is 2.85. The maximum atomic E-state index is 6.10. The SMILES string of the molecule is CC(C)(C)c1csc(C(N)C2CC2)n1. The molecule has 3 heteroatoms. The first-order valence-electron chi connectivity index (χ1n) is 5.20. The van der Waals surface area contributed by atoms with E-state index in [9.17, 15) is 0 Å². The third-order valence-corrected chi connectivity index (χ3v) is 3.65. The Kier molecular flexibility index (Phi) is 2.40. The summed E-state index contributed by atoms with van der Waals surface area (Å²) in [7, 11) is 0. The molecule has 1 aliphatic carbocycles. The van der Waals surface area contributed by atoms with Crippen molar-refractivity contribution in [1.82, 2.24) is 4.98 Å². The standard InChI is InChI=1S/C11H18N2S/c1-11(2,3)8-6-14-10(13-8)9(12)7-4-5-7/h6-7,9H,4-5,12H2,1-3H3. The quantitative estimate of drug-likeness (QED) is 0.815. The summed E-state index contributed by atoms with van der Waals surface area (Å²) in [4.78, 5) is 4.64. The maximum absolute atomic E-state index is 6.10. The lowest BCUT2D eigenvalue weighted by Crippen LogP contribution is -2.15. The minimum atomic E-state index is 0.151. The molecule has 1 fully saturated rings. The first-order chi connectivity index (χ1) is 6.48. The van der Waals surface area contributed by atoms with E-state index in [1.54, 1.807) is 11.3 Å². The summed E-state index contributed by atoms with van der Waals surface area (Å²) in [6.45, 7) is 6.57. The third-order valence-electron chi connectivity index (χ3n) is 2.71. The lowest BCUT2D eigenvalue weighted by molar-refractivity contribution is 0.561.